The number of aryl methyl sites for hydroxylation is 2. The molecule has 0 saturated heterocycles. The van der Waals surface area contributed by atoms with Crippen LogP contribution < -0.4 is 13.9 Å². The van der Waals surface area contributed by atoms with Gasteiger partial charge in [-0.2, -0.15) is 9.13 Å². The predicted molar refractivity (Wildman–Crippen MR) is 163 cm³/mol. The van der Waals surface area contributed by atoms with Gasteiger partial charge in [-0.25, -0.2) is 0 Å². The van der Waals surface area contributed by atoms with Crippen LogP contribution in [0.2, 0.25) is 0 Å². The average molecular weight is 523 g/mol. The van der Waals surface area contributed by atoms with Crippen LogP contribution in [0.15, 0.2) is 91.3 Å². The predicted octanol–water partition coefficient (Wildman–Crippen LogP) is 7.21. The monoisotopic (exact) mass is 522 g/mol. The average Bonchev–Trinajstić information content (AvgIpc) is 3.01. The maximum atomic E-state index is 5.27. The highest BCUT2D eigenvalue weighted by Crippen LogP contribution is 2.44. The largest absolute Gasteiger partial charge is 0.497 e. The first-order valence-corrected chi connectivity index (χ1v) is 14.2. The third-order valence-electron chi connectivity index (χ3n) is 8.82. The molecule has 0 bridgehead atoms. The SMILES string of the molecule is COc1ccc(C=CC=Cc2cc[n+]3c(c2)-c2c(c(C)c(C)c4c2-c2c5ccccc5cc[n+]2CC4)CC3)cc1. The first-order chi connectivity index (χ1) is 19.6. The molecule has 0 radical (unpaired) electrons. The first-order valence-electron chi connectivity index (χ1n) is 14.2. The van der Waals surface area contributed by atoms with Gasteiger partial charge >= 0.3 is 0 Å². The summed E-state index contributed by atoms with van der Waals surface area (Å²) in [5.41, 5.74) is 13.9. The minimum Gasteiger partial charge on any atom is -0.497 e. The maximum Gasteiger partial charge on any atom is 0.221 e. The van der Waals surface area contributed by atoms with Crippen molar-refractivity contribution in [3.05, 3.63) is 125 Å². The summed E-state index contributed by atoms with van der Waals surface area (Å²) in [5, 5.41) is 2.64. The zero-order valence-corrected chi connectivity index (χ0v) is 23.4. The molecule has 0 fully saturated rings. The zero-order chi connectivity index (χ0) is 27.2. The number of methoxy groups -OCH3 is 1. The molecule has 0 aliphatic carbocycles. The van der Waals surface area contributed by atoms with Crippen LogP contribution >= 0.6 is 0 Å². The molecule has 2 aliphatic heterocycles. The number of rotatable bonds is 4. The van der Waals surface area contributed by atoms with E-state index in [1.54, 1.807) is 7.11 Å². The second-order valence-corrected chi connectivity index (χ2v) is 10.9. The molecule has 0 atom stereocenters. The van der Waals surface area contributed by atoms with Crippen LogP contribution in [0, 0.1) is 13.8 Å². The van der Waals surface area contributed by atoms with E-state index < -0.39 is 0 Å². The van der Waals surface area contributed by atoms with Crippen molar-refractivity contribution in [3.63, 3.8) is 0 Å². The quantitative estimate of drug-likeness (QED) is 0.180. The van der Waals surface area contributed by atoms with Gasteiger partial charge in [-0.1, -0.05) is 54.6 Å². The number of allylic oxidation sites excluding steroid dienone is 2. The Hall–Kier alpha value is -4.50. The van der Waals surface area contributed by atoms with Gasteiger partial charge in [0.25, 0.3) is 0 Å². The molecule has 7 rings (SSSR count). The van der Waals surface area contributed by atoms with Crippen molar-refractivity contribution >= 4 is 22.9 Å². The fourth-order valence-corrected chi connectivity index (χ4v) is 6.59. The molecule has 3 heteroatoms. The van der Waals surface area contributed by atoms with E-state index in [1.165, 1.54) is 61.1 Å². The third kappa shape index (κ3) is 4.05. The van der Waals surface area contributed by atoms with Gasteiger partial charge in [0.2, 0.25) is 11.4 Å². The number of fused-ring (bicyclic) bond motifs is 9. The molecule has 5 aromatic rings. The van der Waals surface area contributed by atoms with E-state index in [4.69, 9.17) is 4.74 Å². The number of benzene rings is 3. The standard InChI is InChI=1S/C37H34N2O/c1-25-26(2)32-19-23-39-21-17-29-10-6-7-11-33(29)37(39)36(32)35-31(25)18-22-38-20-16-28(24-34(35)38)9-5-4-8-27-12-14-30(40-3)15-13-27/h4-17,20-21,24H,18-19,22-23H2,1-3H3/q+2. The molecule has 2 aromatic heterocycles. The number of nitrogens with zero attached hydrogens (tertiary/aromatic N) is 2. The van der Waals surface area contributed by atoms with Gasteiger partial charge in [-0.05, 0) is 70.8 Å². The number of hydrogen-bond acceptors (Lipinski definition) is 1. The highest BCUT2D eigenvalue weighted by molar-refractivity contribution is 5.99. The molecule has 4 heterocycles. The van der Waals surface area contributed by atoms with Crippen molar-refractivity contribution in [2.24, 2.45) is 0 Å². The van der Waals surface area contributed by atoms with Gasteiger partial charge in [-0.15, -0.1) is 0 Å². The molecule has 2 aliphatic rings. The van der Waals surface area contributed by atoms with Gasteiger partial charge < -0.3 is 4.74 Å². The summed E-state index contributed by atoms with van der Waals surface area (Å²) in [5.74, 6) is 0.876. The second kappa shape index (κ2) is 9.91. The van der Waals surface area contributed by atoms with E-state index in [0.717, 1.165) is 37.2 Å². The summed E-state index contributed by atoms with van der Waals surface area (Å²) in [6.45, 7) is 6.71. The Bertz CT molecular complexity index is 1840. The van der Waals surface area contributed by atoms with Crippen LogP contribution in [0.3, 0.4) is 0 Å². The summed E-state index contributed by atoms with van der Waals surface area (Å²) in [4.78, 5) is 0. The number of ether oxygens (including phenoxy) is 1. The van der Waals surface area contributed by atoms with Crippen LogP contribution in [0.4, 0.5) is 0 Å². The third-order valence-corrected chi connectivity index (χ3v) is 8.82. The molecule has 0 amide bonds. The summed E-state index contributed by atoms with van der Waals surface area (Å²) in [6.07, 6.45) is 15.3. The fraction of sp³-hybridized carbons (Fsp3) is 0.189. The Balaban J connectivity index is 1.35. The Morgan fingerprint density at radius 2 is 1.38 bits per heavy atom. The Labute approximate surface area is 236 Å². The second-order valence-electron chi connectivity index (χ2n) is 10.9. The molecule has 3 aromatic carbocycles. The van der Waals surface area contributed by atoms with E-state index in [1.807, 2.05) is 12.1 Å². The molecule has 0 spiro atoms. The highest BCUT2D eigenvalue weighted by atomic mass is 16.5. The Morgan fingerprint density at radius 1 is 0.700 bits per heavy atom. The summed E-state index contributed by atoms with van der Waals surface area (Å²) < 4.78 is 10.2. The highest BCUT2D eigenvalue weighted by Gasteiger charge is 2.37. The van der Waals surface area contributed by atoms with Gasteiger partial charge in [-0.3, -0.25) is 0 Å². The van der Waals surface area contributed by atoms with Crippen molar-refractivity contribution in [3.8, 4) is 28.3 Å². The maximum absolute atomic E-state index is 5.27. The summed E-state index contributed by atoms with van der Waals surface area (Å²) >= 11 is 0. The molecule has 40 heavy (non-hydrogen) atoms. The number of hydrogen-bond donors (Lipinski definition) is 0. The lowest BCUT2D eigenvalue weighted by Gasteiger charge is -2.27. The lowest BCUT2D eigenvalue weighted by atomic mass is 9.79. The van der Waals surface area contributed by atoms with Crippen molar-refractivity contribution < 1.29 is 13.9 Å². The smallest absolute Gasteiger partial charge is 0.221 e. The molecule has 0 N–H and O–H groups in total. The van der Waals surface area contributed by atoms with Gasteiger partial charge in [0.1, 0.15) is 5.75 Å². The lowest BCUT2D eigenvalue weighted by molar-refractivity contribution is -0.689. The van der Waals surface area contributed by atoms with Crippen LogP contribution in [0.1, 0.15) is 33.4 Å². The molecule has 0 unspecified atom stereocenters. The van der Waals surface area contributed by atoms with Crippen molar-refractivity contribution in [2.45, 2.75) is 39.8 Å². The molecular formula is C37H34N2O+2. The first kappa shape index (κ1) is 24.5. The van der Waals surface area contributed by atoms with E-state index >= 15 is 0 Å². The number of pyridine rings is 2. The molecule has 196 valence electrons. The Kier molecular flexibility index (Phi) is 6.08. The van der Waals surface area contributed by atoms with Crippen LogP contribution in [-0.2, 0) is 25.9 Å². The van der Waals surface area contributed by atoms with Gasteiger partial charge in [0.05, 0.1) is 23.6 Å². The molecular weight excluding hydrogens is 488 g/mol. The van der Waals surface area contributed by atoms with Crippen LogP contribution in [0.5, 0.6) is 5.75 Å². The van der Waals surface area contributed by atoms with Crippen molar-refractivity contribution in [1.29, 1.82) is 0 Å². The Morgan fingerprint density at radius 3 is 2.15 bits per heavy atom. The minimum atomic E-state index is 0.876. The van der Waals surface area contributed by atoms with Crippen molar-refractivity contribution in [1.82, 2.24) is 0 Å². The summed E-state index contributed by atoms with van der Waals surface area (Å²) in [7, 11) is 1.70. The zero-order valence-electron chi connectivity index (χ0n) is 23.4. The van der Waals surface area contributed by atoms with E-state index in [9.17, 15) is 0 Å². The van der Waals surface area contributed by atoms with Crippen LogP contribution in [0.25, 0.3) is 45.4 Å². The normalized spacial score (nSPS) is 13.8. The molecule has 0 saturated carbocycles. The van der Waals surface area contributed by atoms with E-state index in [-0.39, 0.29) is 0 Å². The minimum absolute atomic E-state index is 0.876. The fourth-order valence-electron chi connectivity index (χ4n) is 6.59. The van der Waals surface area contributed by atoms with Gasteiger partial charge in [0, 0.05) is 31.0 Å². The van der Waals surface area contributed by atoms with Crippen LogP contribution in [-0.4, -0.2) is 7.11 Å². The summed E-state index contributed by atoms with van der Waals surface area (Å²) in [6, 6.07) is 23.9. The van der Waals surface area contributed by atoms with Gasteiger partial charge in [0.15, 0.2) is 25.5 Å². The van der Waals surface area contributed by atoms with E-state index in [2.05, 4.69) is 114 Å². The lowest BCUT2D eigenvalue weighted by Crippen LogP contribution is -2.43. The van der Waals surface area contributed by atoms with E-state index in [0.29, 0.717) is 0 Å². The topological polar surface area (TPSA) is 17.0 Å². The molecule has 3 nitrogen and oxygen atoms in total. The van der Waals surface area contributed by atoms with Crippen molar-refractivity contribution in [2.75, 3.05) is 7.11 Å². The number of aromatic nitrogens is 2.